The Kier molecular flexibility index (Phi) is 2.81. The van der Waals surface area contributed by atoms with Gasteiger partial charge in [-0.05, 0) is 20.8 Å². The first-order valence-corrected chi connectivity index (χ1v) is 4.44. The Morgan fingerprint density at radius 1 is 1.62 bits per heavy atom. The van der Waals surface area contributed by atoms with Crippen molar-refractivity contribution in [3.8, 4) is 0 Å². The van der Waals surface area contributed by atoms with E-state index in [-0.39, 0.29) is 17.7 Å². The first-order chi connectivity index (χ1) is 5.97. The highest BCUT2D eigenvalue weighted by molar-refractivity contribution is 5.68. The van der Waals surface area contributed by atoms with Gasteiger partial charge in [-0.1, -0.05) is 0 Å². The third-order valence-corrected chi connectivity index (χ3v) is 2.29. The molecule has 4 heteroatoms. The Morgan fingerprint density at radius 3 is 2.77 bits per heavy atom. The minimum atomic E-state index is -0.278. The van der Waals surface area contributed by atoms with E-state index in [1.54, 1.807) is 4.90 Å². The molecule has 1 unspecified atom stereocenters. The lowest BCUT2D eigenvalue weighted by Crippen LogP contribution is -2.57. The number of methoxy groups -OCH3 is 1. The van der Waals surface area contributed by atoms with E-state index in [9.17, 15) is 4.79 Å². The summed E-state index contributed by atoms with van der Waals surface area (Å²) in [4.78, 5) is 13.1. The highest BCUT2D eigenvalue weighted by Gasteiger charge is 2.37. The number of hydrogen-bond donors (Lipinski definition) is 0. The van der Waals surface area contributed by atoms with E-state index in [4.69, 9.17) is 9.47 Å². The molecular weight excluding hydrogens is 170 g/mol. The zero-order valence-electron chi connectivity index (χ0n) is 8.66. The molecule has 1 fully saturated rings. The van der Waals surface area contributed by atoms with Crippen LogP contribution < -0.4 is 0 Å². The van der Waals surface area contributed by atoms with Crippen molar-refractivity contribution < 1.29 is 14.3 Å². The van der Waals surface area contributed by atoms with Gasteiger partial charge in [-0.25, -0.2) is 4.79 Å². The van der Waals surface area contributed by atoms with Gasteiger partial charge in [0.05, 0.1) is 31.9 Å². The molecule has 13 heavy (non-hydrogen) atoms. The quantitative estimate of drug-likeness (QED) is 0.573. The summed E-state index contributed by atoms with van der Waals surface area (Å²) >= 11 is 0. The Labute approximate surface area is 78.8 Å². The van der Waals surface area contributed by atoms with E-state index >= 15 is 0 Å². The molecule has 0 bridgehead atoms. The smallest absolute Gasteiger partial charge is 0.410 e. The first kappa shape index (κ1) is 10.3. The van der Waals surface area contributed by atoms with Crippen LogP contribution in [0.25, 0.3) is 0 Å². The predicted octanol–water partition coefficient (Wildman–Crippen LogP) is 1.25. The number of nitrogens with zero attached hydrogens (tertiary/aromatic N) is 1. The Hall–Kier alpha value is -0.770. The monoisotopic (exact) mass is 187 g/mol. The minimum Gasteiger partial charge on any atom is -0.453 e. The maximum Gasteiger partial charge on any atom is 0.410 e. The SMILES string of the molecule is COC(=O)N1CC(C)OCC1(C)C. The van der Waals surface area contributed by atoms with Gasteiger partial charge in [-0.15, -0.1) is 0 Å². The Bertz CT molecular complexity index is 203. The predicted molar refractivity (Wildman–Crippen MR) is 48.6 cm³/mol. The molecule has 0 aromatic rings. The van der Waals surface area contributed by atoms with Crippen LogP contribution in [0.4, 0.5) is 4.79 Å². The molecule has 76 valence electrons. The summed E-state index contributed by atoms with van der Waals surface area (Å²) in [5.74, 6) is 0. The van der Waals surface area contributed by atoms with Crippen molar-refractivity contribution in [3.63, 3.8) is 0 Å². The lowest BCUT2D eigenvalue weighted by atomic mass is 10.0. The number of carbonyl (C=O) groups is 1. The number of morpholine rings is 1. The van der Waals surface area contributed by atoms with Crippen LogP contribution in [0.1, 0.15) is 20.8 Å². The number of carbonyl (C=O) groups excluding carboxylic acids is 1. The van der Waals surface area contributed by atoms with Crippen LogP contribution in [0.2, 0.25) is 0 Å². The fourth-order valence-electron chi connectivity index (χ4n) is 1.41. The lowest BCUT2D eigenvalue weighted by molar-refractivity contribution is -0.0807. The second kappa shape index (κ2) is 3.54. The van der Waals surface area contributed by atoms with E-state index < -0.39 is 0 Å². The summed E-state index contributed by atoms with van der Waals surface area (Å²) in [5.41, 5.74) is -0.264. The molecule has 1 heterocycles. The normalized spacial score (nSPS) is 27.1. The van der Waals surface area contributed by atoms with Crippen LogP contribution in [-0.4, -0.2) is 42.9 Å². The molecule has 1 aliphatic rings. The second-order valence-corrected chi connectivity index (χ2v) is 4.01. The lowest BCUT2D eigenvalue weighted by Gasteiger charge is -2.43. The van der Waals surface area contributed by atoms with Crippen molar-refractivity contribution in [2.45, 2.75) is 32.4 Å². The summed E-state index contributed by atoms with van der Waals surface area (Å²) in [5, 5.41) is 0. The second-order valence-electron chi connectivity index (χ2n) is 4.01. The average molecular weight is 187 g/mol. The van der Waals surface area contributed by atoms with Gasteiger partial charge in [0.2, 0.25) is 0 Å². The van der Waals surface area contributed by atoms with Crippen LogP contribution in [0.15, 0.2) is 0 Å². The highest BCUT2D eigenvalue weighted by Crippen LogP contribution is 2.22. The Morgan fingerprint density at radius 2 is 2.23 bits per heavy atom. The number of amides is 1. The van der Waals surface area contributed by atoms with Gasteiger partial charge in [0.15, 0.2) is 0 Å². The molecule has 1 saturated heterocycles. The van der Waals surface area contributed by atoms with Crippen molar-refractivity contribution in [2.75, 3.05) is 20.3 Å². The molecule has 0 aromatic heterocycles. The number of hydrogen-bond acceptors (Lipinski definition) is 3. The molecule has 0 saturated carbocycles. The molecule has 1 atom stereocenters. The molecule has 0 aliphatic carbocycles. The van der Waals surface area contributed by atoms with Crippen LogP contribution in [0.3, 0.4) is 0 Å². The van der Waals surface area contributed by atoms with Crippen molar-refractivity contribution in [3.05, 3.63) is 0 Å². The third kappa shape index (κ3) is 2.12. The van der Waals surface area contributed by atoms with Gasteiger partial charge >= 0.3 is 6.09 Å². The zero-order chi connectivity index (χ0) is 10.1. The van der Waals surface area contributed by atoms with Crippen LogP contribution in [0, 0.1) is 0 Å². The maximum atomic E-state index is 11.4. The molecular formula is C9H17NO3. The number of rotatable bonds is 0. The van der Waals surface area contributed by atoms with Crippen molar-refractivity contribution in [1.82, 2.24) is 4.90 Å². The van der Waals surface area contributed by atoms with Crippen molar-refractivity contribution >= 4 is 6.09 Å². The van der Waals surface area contributed by atoms with Gasteiger partial charge in [0, 0.05) is 0 Å². The van der Waals surface area contributed by atoms with Crippen LogP contribution in [-0.2, 0) is 9.47 Å². The van der Waals surface area contributed by atoms with Gasteiger partial charge < -0.3 is 9.47 Å². The molecule has 4 nitrogen and oxygen atoms in total. The summed E-state index contributed by atoms with van der Waals surface area (Å²) in [7, 11) is 1.40. The molecule has 1 aliphatic heterocycles. The number of ether oxygens (including phenoxy) is 2. The minimum absolute atomic E-state index is 0.0899. The third-order valence-electron chi connectivity index (χ3n) is 2.29. The molecule has 0 aromatic carbocycles. The molecule has 1 rings (SSSR count). The topological polar surface area (TPSA) is 38.8 Å². The summed E-state index contributed by atoms with van der Waals surface area (Å²) in [6.07, 6.45) is -0.188. The van der Waals surface area contributed by atoms with Crippen LogP contribution in [0.5, 0.6) is 0 Å². The summed E-state index contributed by atoms with van der Waals surface area (Å²) in [6.45, 7) is 7.04. The largest absolute Gasteiger partial charge is 0.453 e. The van der Waals surface area contributed by atoms with Crippen molar-refractivity contribution in [2.24, 2.45) is 0 Å². The fraction of sp³-hybridized carbons (Fsp3) is 0.889. The van der Waals surface area contributed by atoms with Gasteiger partial charge in [-0.2, -0.15) is 0 Å². The standard InChI is InChI=1S/C9H17NO3/c1-7-5-10(8(11)12-4)9(2,3)6-13-7/h7H,5-6H2,1-4H3. The van der Waals surface area contributed by atoms with E-state index in [1.165, 1.54) is 7.11 Å². The van der Waals surface area contributed by atoms with Gasteiger partial charge in [0.1, 0.15) is 0 Å². The summed E-state index contributed by atoms with van der Waals surface area (Å²) in [6, 6.07) is 0. The van der Waals surface area contributed by atoms with Gasteiger partial charge in [0.25, 0.3) is 0 Å². The van der Waals surface area contributed by atoms with Crippen molar-refractivity contribution in [1.29, 1.82) is 0 Å². The average Bonchev–Trinajstić information content (AvgIpc) is 2.08. The van der Waals surface area contributed by atoms with E-state index in [0.717, 1.165) is 0 Å². The Balaban J connectivity index is 2.72. The molecule has 0 spiro atoms. The fourth-order valence-corrected chi connectivity index (χ4v) is 1.41. The maximum absolute atomic E-state index is 11.4. The van der Waals surface area contributed by atoms with Crippen LogP contribution >= 0.6 is 0 Å². The van der Waals surface area contributed by atoms with E-state index in [1.807, 2.05) is 20.8 Å². The first-order valence-electron chi connectivity index (χ1n) is 4.44. The molecule has 0 radical (unpaired) electrons. The molecule has 1 amide bonds. The zero-order valence-corrected chi connectivity index (χ0v) is 8.66. The summed E-state index contributed by atoms with van der Waals surface area (Å²) < 4.78 is 10.2. The van der Waals surface area contributed by atoms with Gasteiger partial charge in [-0.3, -0.25) is 4.90 Å². The van der Waals surface area contributed by atoms with E-state index in [0.29, 0.717) is 13.2 Å². The highest BCUT2D eigenvalue weighted by atomic mass is 16.5. The molecule has 0 N–H and O–H groups in total. The van der Waals surface area contributed by atoms with E-state index in [2.05, 4.69) is 0 Å².